The molecule has 2 N–H and O–H groups in total. The fraction of sp³-hybridized carbons (Fsp3) is 0.160. The average molecular weight is 446 g/mol. The third kappa shape index (κ3) is 3.98. The van der Waals surface area contributed by atoms with Crippen LogP contribution in [0.15, 0.2) is 70.9 Å². The zero-order valence-corrected chi connectivity index (χ0v) is 18.3. The van der Waals surface area contributed by atoms with E-state index in [1.54, 1.807) is 61.7 Å². The fourth-order valence-corrected chi connectivity index (χ4v) is 3.90. The maximum atomic E-state index is 13.1. The van der Waals surface area contributed by atoms with Crippen LogP contribution in [0.3, 0.4) is 0 Å². The highest BCUT2D eigenvalue weighted by Gasteiger charge is 2.48. The molecular weight excluding hydrogens is 424 g/mol. The molecule has 0 radical (unpaired) electrons. The number of amides is 2. The first-order valence-electron chi connectivity index (χ1n) is 10.2. The highest BCUT2D eigenvalue weighted by atomic mass is 16.5. The Labute approximate surface area is 190 Å². The Morgan fingerprint density at radius 1 is 1.12 bits per heavy atom. The molecule has 33 heavy (non-hydrogen) atoms. The van der Waals surface area contributed by atoms with Gasteiger partial charge in [0.1, 0.15) is 23.3 Å². The van der Waals surface area contributed by atoms with Gasteiger partial charge in [0.25, 0.3) is 11.7 Å². The number of ketones is 1. The van der Waals surface area contributed by atoms with Crippen LogP contribution in [0, 0.1) is 6.92 Å². The van der Waals surface area contributed by atoms with E-state index in [2.05, 4.69) is 5.32 Å². The van der Waals surface area contributed by atoms with Crippen molar-refractivity contribution in [2.45, 2.75) is 19.9 Å². The monoisotopic (exact) mass is 446 g/mol. The van der Waals surface area contributed by atoms with Crippen molar-refractivity contribution in [2.75, 3.05) is 17.3 Å². The van der Waals surface area contributed by atoms with Crippen molar-refractivity contribution in [3.63, 3.8) is 0 Å². The Morgan fingerprint density at radius 2 is 1.85 bits per heavy atom. The number of ether oxygens (including phenoxy) is 1. The van der Waals surface area contributed by atoms with E-state index in [1.165, 1.54) is 18.1 Å². The summed E-state index contributed by atoms with van der Waals surface area (Å²) in [4.78, 5) is 38.8. The molecule has 0 saturated carbocycles. The maximum Gasteiger partial charge on any atom is 0.300 e. The Bertz CT molecular complexity index is 1260. The Kier molecular flexibility index (Phi) is 5.74. The molecule has 2 aromatic carbocycles. The molecule has 0 aliphatic carbocycles. The SMILES string of the molecule is COc1ccc(/C(O)=C2/C(=O)C(=O)N(c3ccc(NC(C)=O)cc3)C2c2ccco2)cc1C. The quantitative estimate of drug-likeness (QED) is 0.346. The number of carbonyl (C=O) groups is 3. The van der Waals surface area contributed by atoms with Gasteiger partial charge in [-0.3, -0.25) is 19.3 Å². The minimum Gasteiger partial charge on any atom is -0.507 e. The molecule has 1 saturated heterocycles. The normalized spacial score (nSPS) is 17.3. The van der Waals surface area contributed by atoms with Crippen LogP contribution >= 0.6 is 0 Å². The van der Waals surface area contributed by atoms with Gasteiger partial charge in [-0.1, -0.05) is 0 Å². The summed E-state index contributed by atoms with van der Waals surface area (Å²) in [7, 11) is 1.54. The maximum absolute atomic E-state index is 13.1. The van der Waals surface area contributed by atoms with Gasteiger partial charge in [-0.2, -0.15) is 0 Å². The number of carbonyl (C=O) groups excluding carboxylic acids is 3. The largest absolute Gasteiger partial charge is 0.507 e. The van der Waals surface area contributed by atoms with Crippen LogP contribution in [0.4, 0.5) is 11.4 Å². The van der Waals surface area contributed by atoms with Crippen LogP contribution in [-0.4, -0.2) is 29.8 Å². The van der Waals surface area contributed by atoms with Crippen molar-refractivity contribution in [3.8, 4) is 5.75 Å². The number of aliphatic hydroxyl groups excluding tert-OH is 1. The molecule has 1 aromatic heterocycles. The highest BCUT2D eigenvalue weighted by molar-refractivity contribution is 6.51. The lowest BCUT2D eigenvalue weighted by molar-refractivity contribution is -0.132. The van der Waals surface area contributed by atoms with E-state index in [1.807, 2.05) is 6.92 Å². The first kappa shape index (κ1) is 21.9. The van der Waals surface area contributed by atoms with Gasteiger partial charge in [-0.25, -0.2) is 0 Å². The number of Topliss-reactive ketones (excluding diaryl/α,β-unsaturated/α-hetero) is 1. The van der Waals surface area contributed by atoms with Crippen LogP contribution in [0.2, 0.25) is 0 Å². The van der Waals surface area contributed by atoms with Gasteiger partial charge >= 0.3 is 0 Å². The number of rotatable bonds is 5. The molecule has 3 aromatic rings. The number of anilines is 2. The summed E-state index contributed by atoms with van der Waals surface area (Å²) in [6.45, 7) is 3.21. The molecule has 8 heteroatoms. The summed E-state index contributed by atoms with van der Waals surface area (Å²) >= 11 is 0. The Hall–Kier alpha value is -4.33. The zero-order valence-electron chi connectivity index (χ0n) is 18.3. The van der Waals surface area contributed by atoms with E-state index in [0.717, 1.165) is 5.56 Å². The van der Waals surface area contributed by atoms with Crippen molar-refractivity contribution in [1.29, 1.82) is 0 Å². The number of benzene rings is 2. The van der Waals surface area contributed by atoms with E-state index in [9.17, 15) is 19.5 Å². The molecule has 168 valence electrons. The zero-order chi connectivity index (χ0) is 23.7. The Balaban J connectivity index is 1.84. The highest BCUT2D eigenvalue weighted by Crippen LogP contribution is 2.42. The van der Waals surface area contributed by atoms with Crippen molar-refractivity contribution in [2.24, 2.45) is 0 Å². The van der Waals surface area contributed by atoms with Gasteiger partial charge in [0, 0.05) is 23.9 Å². The van der Waals surface area contributed by atoms with Crippen molar-refractivity contribution < 1.29 is 28.6 Å². The first-order valence-corrected chi connectivity index (χ1v) is 10.2. The van der Waals surface area contributed by atoms with Crippen LogP contribution in [-0.2, 0) is 14.4 Å². The fourth-order valence-electron chi connectivity index (χ4n) is 3.90. The molecule has 2 heterocycles. The smallest absolute Gasteiger partial charge is 0.300 e. The third-order valence-corrected chi connectivity index (χ3v) is 5.39. The minimum atomic E-state index is -0.964. The second-order valence-electron chi connectivity index (χ2n) is 7.60. The van der Waals surface area contributed by atoms with Gasteiger partial charge < -0.3 is 19.6 Å². The molecule has 1 atom stereocenters. The number of hydrogen-bond donors (Lipinski definition) is 2. The lowest BCUT2D eigenvalue weighted by Crippen LogP contribution is -2.29. The summed E-state index contributed by atoms with van der Waals surface area (Å²) in [5, 5.41) is 13.8. The van der Waals surface area contributed by atoms with E-state index in [4.69, 9.17) is 9.15 Å². The molecule has 0 bridgehead atoms. The van der Waals surface area contributed by atoms with E-state index in [-0.39, 0.29) is 17.2 Å². The van der Waals surface area contributed by atoms with Gasteiger partial charge in [-0.05, 0) is 67.1 Å². The van der Waals surface area contributed by atoms with Crippen LogP contribution in [0.1, 0.15) is 29.9 Å². The number of nitrogens with one attached hydrogen (secondary N) is 1. The lowest BCUT2D eigenvalue weighted by atomic mass is 9.98. The number of methoxy groups -OCH3 is 1. The summed E-state index contributed by atoms with van der Waals surface area (Å²) in [6.07, 6.45) is 1.44. The van der Waals surface area contributed by atoms with Crippen molar-refractivity contribution in [1.82, 2.24) is 0 Å². The number of aliphatic hydroxyl groups is 1. The second-order valence-corrected chi connectivity index (χ2v) is 7.60. The summed E-state index contributed by atoms with van der Waals surface area (Å²) in [5.74, 6) is -1.20. The number of furan rings is 1. The van der Waals surface area contributed by atoms with Gasteiger partial charge in [0.15, 0.2) is 0 Å². The standard InChI is InChI=1S/C25H22N2O6/c1-14-13-16(6-11-19(14)32-3)23(29)21-22(20-5-4-12-33-20)27(25(31)24(21)30)18-9-7-17(8-10-18)26-15(2)28/h4-13,22,29H,1-3H3,(H,26,28)/b23-21-. The third-order valence-electron chi connectivity index (χ3n) is 5.39. The van der Waals surface area contributed by atoms with Gasteiger partial charge in [0.2, 0.25) is 5.91 Å². The molecular formula is C25H22N2O6. The number of nitrogens with zero attached hydrogens (tertiary/aromatic N) is 1. The summed E-state index contributed by atoms with van der Waals surface area (Å²) in [5.41, 5.74) is 2.02. The molecule has 1 aliphatic rings. The molecule has 2 amide bonds. The topological polar surface area (TPSA) is 109 Å². The van der Waals surface area contributed by atoms with Crippen LogP contribution in [0.5, 0.6) is 5.75 Å². The molecule has 0 spiro atoms. The van der Waals surface area contributed by atoms with Crippen LogP contribution in [0.25, 0.3) is 5.76 Å². The van der Waals surface area contributed by atoms with E-state index < -0.39 is 17.7 Å². The second kappa shape index (κ2) is 8.66. The molecule has 1 unspecified atom stereocenters. The summed E-state index contributed by atoms with van der Waals surface area (Å²) in [6, 6.07) is 13.8. The predicted molar refractivity (Wildman–Crippen MR) is 122 cm³/mol. The minimum absolute atomic E-state index is 0.0783. The van der Waals surface area contributed by atoms with Crippen molar-refractivity contribution >= 4 is 34.7 Å². The average Bonchev–Trinajstić information content (AvgIpc) is 3.40. The summed E-state index contributed by atoms with van der Waals surface area (Å²) < 4.78 is 10.8. The molecule has 1 fully saturated rings. The lowest BCUT2D eigenvalue weighted by Gasteiger charge is -2.23. The Morgan fingerprint density at radius 3 is 2.42 bits per heavy atom. The first-order chi connectivity index (χ1) is 15.8. The molecule has 1 aliphatic heterocycles. The predicted octanol–water partition coefficient (Wildman–Crippen LogP) is 4.18. The molecule has 8 nitrogen and oxygen atoms in total. The van der Waals surface area contributed by atoms with E-state index >= 15 is 0 Å². The number of aryl methyl sites for hydroxylation is 1. The molecule has 4 rings (SSSR count). The number of hydrogen-bond acceptors (Lipinski definition) is 6. The van der Waals surface area contributed by atoms with E-state index in [0.29, 0.717) is 28.4 Å². The van der Waals surface area contributed by atoms with Crippen LogP contribution < -0.4 is 15.0 Å². The van der Waals surface area contributed by atoms with Crippen molar-refractivity contribution in [3.05, 3.63) is 83.3 Å². The van der Waals surface area contributed by atoms with Gasteiger partial charge in [-0.15, -0.1) is 0 Å². The van der Waals surface area contributed by atoms with Gasteiger partial charge in [0.05, 0.1) is 18.9 Å².